The number of benzene rings is 1. The Morgan fingerprint density at radius 1 is 1.05 bits per heavy atom. The Bertz CT molecular complexity index is 1470. The number of anilines is 1. The highest BCUT2D eigenvalue weighted by Gasteiger charge is 2.40. The van der Waals surface area contributed by atoms with E-state index in [1.165, 1.54) is 12.1 Å². The number of nitrogens with one attached hydrogen (secondary N) is 2. The lowest BCUT2D eigenvalue weighted by Gasteiger charge is -2.33. The van der Waals surface area contributed by atoms with Gasteiger partial charge in [0.15, 0.2) is 5.03 Å². The molecule has 3 aromatic rings. The molecule has 2 amide bonds. The Kier molecular flexibility index (Phi) is 8.65. The van der Waals surface area contributed by atoms with Gasteiger partial charge in [0.05, 0.1) is 5.56 Å². The van der Waals surface area contributed by atoms with Crippen LogP contribution < -0.4 is 14.9 Å². The fourth-order valence-corrected chi connectivity index (χ4v) is 6.04. The van der Waals surface area contributed by atoms with Crippen LogP contribution in [-0.2, 0) is 10.0 Å². The van der Waals surface area contributed by atoms with E-state index in [1.807, 2.05) is 41.7 Å². The highest BCUT2D eigenvalue weighted by molar-refractivity contribution is 9.10. The number of sulfonamides is 1. The lowest BCUT2D eigenvalue weighted by Crippen LogP contribution is -2.41. The van der Waals surface area contributed by atoms with E-state index in [4.69, 9.17) is 0 Å². The number of carbonyl (C=O) groups excluding carboxylic acids is 2. The zero-order chi connectivity index (χ0) is 28.2. The quantitative estimate of drug-likeness (QED) is 0.271. The van der Waals surface area contributed by atoms with Crippen molar-refractivity contribution in [3.63, 3.8) is 0 Å². The number of carbonyl (C=O) groups is 2. The molecule has 4 rings (SSSR count). The smallest absolute Gasteiger partial charge is 0.281 e. The van der Waals surface area contributed by atoms with Gasteiger partial charge in [0, 0.05) is 24.2 Å². The molecule has 2 N–H and O–H groups in total. The molecule has 1 fully saturated rings. The summed E-state index contributed by atoms with van der Waals surface area (Å²) in [5.74, 6) is -1.36. The summed E-state index contributed by atoms with van der Waals surface area (Å²) in [6, 6.07) is 15.4. The van der Waals surface area contributed by atoms with Crippen molar-refractivity contribution in [2.45, 2.75) is 43.7 Å². The Labute approximate surface area is 235 Å². The molecule has 1 saturated heterocycles. The molecule has 0 spiro atoms. The molecule has 9 nitrogen and oxygen atoms in total. The van der Waals surface area contributed by atoms with Gasteiger partial charge < -0.3 is 10.2 Å². The van der Waals surface area contributed by atoms with Gasteiger partial charge >= 0.3 is 0 Å². The number of nitrogens with zero attached hydrogens (tertiary/aromatic N) is 3. The average molecular weight is 619 g/mol. The van der Waals surface area contributed by atoms with Gasteiger partial charge in [0.25, 0.3) is 21.8 Å². The topological polar surface area (TPSA) is 121 Å². The minimum absolute atomic E-state index is 0.0713. The van der Waals surface area contributed by atoms with E-state index in [0.29, 0.717) is 29.1 Å². The lowest BCUT2D eigenvalue weighted by molar-refractivity contribution is 0.0950. The van der Waals surface area contributed by atoms with Gasteiger partial charge in [-0.15, -0.1) is 0 Å². The molecule has 0 aliphatic carbocycles. The van der Waals surface area contributed by atoms with E-state index in [1.54, 1.807) is 18.2 Å². The summed E-state index contributed by atoms with van der Waals surface area (Å²) in [5, 5.41) is 2.35. The molecule has 2 aromatic heterocycles. The van der Waals surface area contributed by atoms with Crippen LogP contribution in [0.4, 0.5) is 10.2 Å². The van der Waals surface area contributed by atoms with Crippen LogP contribution in [-0.4, -0.2) is 48.8 Å². The maximum absolute atomic E-state index is 13.5. The van der Waals surface area contributed by atoms with Crippen molar-refractivity contribution in [1.82, 2.24) is 20.0 Å². The average Bonchev–Trinajstić information content (AvgIpc) is 3.20. The highest BCUT2D eigenvalue weighted by atomic mass is 79.9. The third kappa shape index (κ3) is 6.99. The van der Waals surface area contributed by atoms with Gasteiger partial charge in [-0.3, -0.25) is 9.59 Å². The molecule has 1 aromatic carbocycles. The van der Waals surface area contributed by atoms with Gasteiger partial charge in [0.1, 0.15) is 10.4 Å². The standard InChI is InChI=1S/C27H29BrFN5O4S/c1-27(2)16-18(8-7-15-30-25(35)19-9-4-3-5-10-19)17-34(27)24-20(13-14-21(28)31-24)26(36)33-39(37,38)23-12-6-11-22(29)32-23/h3-6,9-14,18H,7-8,15-17H2,1-2H3,(H,30,35)(H,33,36)/t18-/m0/s1. The van der Waals surface area contributed by atoms with Crippen molar-refractivity contribution < 1.29 is 22.4 Å². The molecule has 3 heterocycles. The van der Waals surface area contributed by atoms with Crippen LogP contribution in [0.1, 0.15) is 53.8 Å². The van der Waals surface area contributed by atoms with Crippen molar-refractivity contribution in [2.24, 2.45) is 5.92 Å². The van der Waals surface area contributed by atoms with Gasteiger partial charge in [-0.25, -0.2) is 14.7 Å². The summed E-state index contributed by atoms with van der Waals surface area (Å²) >= 11 is 3.36. The maximum Gasteiger partial charge on any atom is 0.281 e. The molecular formula is C27H29BrFN5O4S. The van der Waals surface area contributed by atoms with E-state index in [9.17, 15) is 22.4 Å². The van der Waals surface area contributed by atoms with Crippen molar-refractivity contribution in [1.29, 1.82) is 0 Å². The van der Waals surface area contributed by atoms with E-state index in [2.05, 4.69) is 31.2 Å². The van der Waals surface area contributed by atoms with Crippen LogP contribution in [0.15, 0.2) is 70.3 Å². The van der Waals surface area contributed by atoms with Crippen molar-refractivity contribution >= 4 is 43.6 Å². The number of rotatable bonds is 9. The molecule has 12 heteroatoms. The Morgan fingerprint density at radius 2 is 1.79 bits per heavy atom. The first-order valence-corrected chi connectivity index (χ1v) is 14.7. The second-order valence-electron chi connectivity index (χ2n) is 10.00. The second-order valence-corrected chi connectivity index (χ2v) is 12.4. The minimum atomic E-state index is -4.41. The molecule has 39 heavy (non-hydrogen) atoms. The molecule has 206 valence electrons. The Hall–Kier alpha value is -3.38. The first-order chi connectivity index (χ1) is 18.5. The SMILES string of the molecule is CC1(C)C[C@H](CCCNC(=O)c2ccccc2)CN1c1nc(Br)ccc1C(=O)NS(=O)(=O)c1cccc(F)n1. The predicted molar refractivity (Wildman–Crippen MR) is 148 cm³/mol. The number of halogens is 2. The number of amides is 2. The summed E-state index contributed by atoms with van der Waals surface area (Å²) in [6.45, 7) is 5.23. The molecule has 1 aliphatic heterocycles. The van der Waals surface area contributed by atoms with Crippen LogP contribution in [0.2, 0.25) is 0 Å². The van der Waals surface area contributed by atoms with Crippen LogP contribution in [0, 0.1) is 11.9 Å². The number of hydrogen-bond acceptors (Lipinski definition) is 7. The van der Waals surface area contributed by atoms with Gasteiger partial charge in [-0.2, -0.15) is 12.8 Å². The second kappa shape index (κ2) is 11.8. The molecule has 0 unspecified atom stereocenters. The van der Waals surface area contributed by atoms with Gasteiger partial charge in [-0.05, 0) is 91.4 Å². The van der Waals surface area contributed by atoms with Crippen LogP contribution in [0.3, 0.4) is 0 Å². The summed E-state index contributed by atoms with van der Waals surface area (Å²) in [6.07, 6.45) is 2.45. The molecule has 1 aliphatic rings. The summed E-state index contributed by atoms with van der Waals surface area (Å²) in [7, 11) is -4.41. The van der Waals surface area contributed by atoms with Crippen molar-refractivity contribution in [2.75, 3.05) is 18.0 Å². The number of pyridine rings is 2. The largest absolute Gasteiger partial charge is 0.352 e. The Balaban J connectivity index is 1.44. The van der Waals surface area contributed by atoms with Crippen LogP contribution in [0.5, 0.6) is 0 Å². The highest BCUT2D eigenvalue weighted by Crippen LogP contribution is 2.39. The zero-order valence-electron chi connectivity index (χ0n) is 21.5. The monoisotopic (exact) mass is 617 g/mol. The van der Waals surface area contributed by atoms with Crippen molar-refractivity contribution in [3.8, 4) is 0 Å². The van der Waals surface area contributed by atoms with E-state index >= 15 is 0 Å². The summed E-state index contributed by atoms with van der Waals surface area (Å²) < 4.78 is 41.4. The van der Waals surface area contributed by atoms with E-state index in [-0.39, 0.29) is 22.9 Å². The first-order valence-electron chi connectivity index (χ1n) is 12.4. The minimum Gasteiger partial charge on any atom is -0.352 e. The zero-order valence-corrected chi connectivity index (χ0v) is 23.9. The Morgan fingerprint density at radius 3 is 2.51 bits per heavy atom. The summed E-state index contributed by atoms with van der Waals surface area (Å²) in [5.41, 5.74) is 0.318. The predicted octanol–water partition coefficient (Wildman–Crippen LogP) is 4.31. The van der Waals surface area contributed by atoms with Gasteiger partial charge in [-0.1, -0.05) is 24.3 Å². The molecule has 0 bridgehead atoms. The molecule has 1 atom stereocenters. The number of aromatic nitrogens is 2. The van der Waals surface area contributed by atoms with Crippen LogP contribution >= 0.6 is 15.9 Å². The lowest BCUT2D eigenvalue weighted by atomic mass is 9.93. The fraction of sp³-hybridized carbons (Fsp3) is 0.333. The van der Waals surface area contributed by atoms with E-state index in [0.717, 1.165) is 31.4 Å². The van der Waals surface area contributed by atoms with Gasteiger partial charge in [0.2, 0.25) is 5.95 Å². The first kappa shape index (κ1) is 28.6. The summed E-state index contributed by atoms with van der Waals surface area (Å²) in [4.78, 5) is 35.4. The molecular weight excluding hydrogens is 589 g/mol. The maximum atomic E-state index is 13.5. The third-order valence-electron chi connectivity index (χ3n) is 6.60. The molecule has 0 radical (unpaired) electrons. The van der Waals surface area contributed by atoms with Crippen LogP contribution in [0.25, 0.3) is 0 Å². The van der Waals surface area contributed by atoms with Crippen molar-refractivity contribution in [3.05, 3.63) is 82.3 Å². The third-order valence-corrected chi connectivity index (χ3v) is 8.28. The van der Waals surface area contributed by atoms with E-state index < -0.39 is 26.9 Å². The number of hydrogen-bond donors (Lipinski definition) is 2. The molecule has 0 saturated carbocycles. The normalized spacial score (nSPS) is 16.6. The fourth-order valence-electron chi connectivity index (χ4n) is 4.81.